The number of nitrogens with zero attached hydrogens (tertiary/aromatic N) is 1. The third kappa shape index (κ3) is 6.47. The van der Waals surface area contributed by atoms with E-state index >= 15 is 0 Å². The summed E-state index contributed by atoms with van der Waals surface area (Å²) < 4.78 is 17.0. The maximum Gasteiger partial charge on any atom is 0.271 e. The number of carbonyl (C=O) groups is 2. The fourth-order valence-electron chi connectivity index (χ4n) is 3.17. The first kappa shape index (κ1) is 24.1. The third-order valence-electron chi connectivity index (χ3n) is 5.01. The minimum Gasteiger partial charge on any atom is -0.490 e. The molecule has 1 fully saturated rings. The highest BCUT2D eigenvalue weighted by molar-refractivity contribution is 6.02. The van der Waals surface area contributed by atoms with E-state index in [9.17, 15) is 9.59 Å². The van der Waals surface area contributed by atoms with Gasteiger partial charge in [0.1, 0.15) is 0 Å². The first-order chi connectivity index (χ1) is 16.0. The molecule has 2 amide bonds. The summed E-state index contributed by atoms with van der Waals surface area (Å²) in [7, 11) is 0. The first-order valence-corrected chi connectivity index (χ1v) is 11.3. The van der Waals surface area contributed by atoms with E-state index in [0.717, 1.165) is 24.1 Å². The van der Waals surface area contributed by atoms with Gasteiger partial charge in [-0.2, -0.15) is 5.10 Å². The molecule has 3 rings (SSSR count). The minimum absolute atomic E-state index is 0.0635. The summed E-state index contributed by atoms with van der Waals surface area (Å²) in [5, 5.41) is 7.13. The molecule has 2 aromatic carbocycles. The molecule has 0 atom stereocenters. The largest absolute Gasteiger partial charge is 0.490 e. The van der Waals surface area contributed by atoms with Crippen LogP contribution in [0.15, 0.2) is 41.5 Å². The average molecular weight is 454 g/mol. The van der Waals surface area contributed by atoms with Crippen molar-refractivity contribution in [3.63, 3.8) is 0 Å². The van der Waals surface area contributed by atoms with Gasteiger partial charge in [-0.3, -0.25) is 9.59 Å². The molecule has 33 heavy (non-hydrogen) atoms. The van der Waals surface area contributed by atoms with Crippen LogP contribution < -0.4 is 25.0 Å². The topological polar surface area (TPSA) is 98.2 Å². The van der Waals surface area contributed by atoms with Crippen LogP contribution in [0.25, 0.3) is 0 Å². The van der Waals surface area contributed by atoms with Crippen molar-refractivity contribution in [1.29, 1.82) is 0 Å². The van der Waals surface area contributed by atoms with E-state index in [1.165, 1.54) is 0 Å². The quantitative estimate of drug-likeness (QED) is 0.389. The zero-order valence-electron chi connectivity index (χ0n) is 19.6. The van der Waals surface area contributed by atoms with Crippen molar-refractivity contribution >= 4 is 23.2 Å². The molecule has 8 heteroatoms. The Morgan fingerprint density at radius 2 is 1.48 bits per heavy atom. The van der Waals surface area contributed by atoms with Crippen LogP contribution in [0.1, 0.15) is 56.5 Å². The van der Waals surface area contributed by atoms with Gasteiger partial charge in [0.2, 0.25) is 11.7 Å². The van der Waals surface area contributed by atoms with Crippen molar-refractivity contribution in [2.24, 2.45) is 11.0 Å². The van der Waals surface area contributed by atoms with Crippen LogP contribution in [-0.4, -0.2) is 37.3 Å². The van der Waals surface area contributed by atoms with Crippen LogP contribution in [0, 0.1) is 5.92 Å². The molecule has 0 aromatic heterocycles. The Kier molecular flexibility index (Phi) is 8.29. The normalized spacial score (nSPS) is 13.3. The van der Waals surface area contributed by atoms with E-state index < -0.39 is 5.91 Å². The summed E-state index contributed by atoms with van der Waals surface area (Å²) in [6, 6.07) is 10.6. The third-order valence-corrected chi connectivity index (χ3v) is 5.01. The fraction of sp³-hybridized carbons (Fsp3) is 0.400. The summed E-state index contributed by atoms with van der Waals surface area (Å²) in [5.74, 6) is 1.18. The molecule has 8 nitrogen and oxygen atoms in total. The van der Waals surface area contributed by atoms with Crippen LogP contribution in [-0.2, 0) is 4.79 Å². The van der Waals surface area contributed by atoms with Crippen LogP contribution in [0.4, 0.5) is 5.69 Å². The summed E-state index contributed by atoms with van der Waals surface area (Å²) in [5.41, 5.74) is 5.14. The van der Waals surface area contributed by atoms with Crippen LogP contribution in [0.2, 0.25) is 0 Å². The Hall–Kier alpha value is -3.55. The summed E-state index contributed by atoms with van der Waals surface area (Å²) >= 11 is 0. The fourth-order valence-corrected chi connectivity index (χ4v) is 3.17. The van der Waals surface area contributed by atoms with E-state index in [4.69, 9.17) is 14.2 Å². The number of hydrogen-bond donors (Lipinski definition) is 2. The number of nitrogens with one attached hydrogen (secondary N) is 2. The first-order valence-electron chi connectivity index (χ1n) is 11.3. The number of rotatable bonds is 11. The van der Waals surface area contributed by atoms with Crippen molar-refractivity contribution in [2.75, 3.05) is 25.1 Å². The molecule has 0 saturated heterocycles. The van der Waals surface area contributed by atoms with E-state index in [-0.39, 0.29) is 11.8 Å². The molecule has 1 aliphatic carbocycles. The van der Waals surface area contributed by atoms with Gasteiger partial charge in [0.15, 0.2) is 11.5 Å². The second kappa shape index (κ2) is 11.4. The summed E-state index contributed by atoms with van der Waals surface area (Å²) in [6.07, 6.45) is 1.92. The number of amides is 2. The molecule has 0 heterocycles. The maximum atomic E-state index is 12.8. The summed E-state index contributed by atoms with van der Waals surface area (Å²) in [6.45, 7) is 8.68. The predicted octanol–water partition coefficient (Wildman–Crippen LogP) is 4.39. The Balaban J connectivity index is 1.72. The van der Waals surface area contributed by atoms with Gasteiger partial charge in [-0.15, -0.1) is 0 Å². The molecule has 0 unspecified atom stereocenters. The van der Waals surface area contributed by atoms with Crippen molar-refractivity contribution in [1.82, 2.24) is 5.43 Å². The Morgan fingerprint density at radius 1 is 0.909 bits per heavy atom. The van der Waals surface area contributed by atoms with Gasteiger partial charge in [-0.05, 0) is 70.4 Å². The van der Waals surface area contributed by atoms with Crippen LogP contribution in [0.3, 0.4) is 0 Å². The van der Waals surface area contributed by atoms with E-state index in [1.54, 1.807) is 19.1 Å². The van der Waals surface area contributed by atoms with Crippen molar-refractivity contribution in [3.8, 4) is 17.2 Å². The SMILES string of the molecule is CCOc1cc(C(=O)N/N=C(/C)c2ccc(NC(=O)C3CC3)cc2)cc(OCC)c1OCC. The molecule has 2 aromatic rings. The van der Waals surface area contributed by atoms with E-state index in [1.807, 2.05) is 45.0 Å². The molecule has 0 bridgehead atoms. The highest BCUT2D eigenvalue weighted by Gasteiger charge is 2.29. The highest BCUT2D eigenvalue weighted by Crippen LogP contribution is 2.39. The van der Waals surface area contributed by atoms with E-state index in [2.05, 4.69) is 15.8 Å². The smallest absolute Gasteiger partial charge is 0.271 e. The van der Waals surface area contributed by atoms with Gasteiger partial charge >= 0.3 is 0 Å². The van der Waals surface area contributed by atoms with Crippen molar-refractivity contribution in [2.45, 2.75) is 40.5 Å². The second-order valence-electron chi connectivity index (χ2n) is 7.58. The van der Waals surface area contributed by atoms with Gasteiger partial charge in [-0.1, -0.05) is 12.1 Å². The lowest BCUT2D eigenvalue weighted by molar-refractivity contribution is -0.117. The standard InChI is InChI=1S/C25H31N3O5/c1-5-31-21-14-19(15-22(32-6-2)23(21)33-7-3)25(30)28-27-16(4)17-10-12-20(13-11-17)26-24(29)18-8-9-18/h10-15,18H,5-9H2,1-4H3,(H,26,29)(H,28,30)/b27-16-. The van der Waals surface area contributed by atoms with Gasteiger partial charge in [-0.25, -0.2) is 5.43 Å². The molecule has 0 spiro atoms. The minimum atomic E-state index is -0.396. The molecule has 176 valence electrons. The molecular weight excluding hydrogens is 422 g/mol. The maximum absolute atomic E-state index is 12.8. The van der Waals surface area contributed by atoms with Crippen LogP contribution in [0.5, 0.6) is 17.2 Å². The predicted molar refractivity (Wildman–Crippen MR) is 127 cm³/mol. The van der Waals surface area contributed by atoms with E-state index in [0.29, 0.717) is 48.3 Å². The zero-order chi connectivity index (χ0) is 23.8. The number of ether oxygens (including phenoxy) is 3. The Morgan fingerprint density at radius 3 is 2.00 bits per heavy atom. The second-order valence-corrected chi connectivity index (χ2v) is 7.58. The van der Waals surface area contributed by atoms with Gasteiger partial charge < -0.3 is 19.5 Å². The highest BCUT2D eigenvalue weighted by atomic mass is 16.5. The number of benzene rings is 2. The van der Waals surface area contributed by atoms with Crippen molar-refractivity contribution in [3.05, 3.63) is 47.5 Å². The number of hydrogen-bond acceptors (Lipinski definition) is 6. The monoisotopic (exact) mass is 453 g/mol. The van der Waals surface area contributed by atoms with Gasteiger partial charge in [0, 0.05) is 17.2 Å². The zero-order valence-corrected chi connectivity index (χ0v) is 19.6. The van der Waals surface area contributed by atoms with Gasteiger partial charge in [0.05, 0.1) is 25.5 Å². The molecule has 1 aliphatic rings. The molecule has 2 N–H and O–H groups in total. The Bertz CT molecular complexity index is 986. The molecule has 1 saturated carbocycles. The number of carbonyl (C=O) groups excluding carboxylic acids is 2. The van der Waals surface area contributed by atoms with Crippen molar-refractivity contribution < 1.29 is 23.8 Å². The molecule has 0 radical (unpaired) electrons. The number of hydrazone groups is 1. The lowest BCUT2D eigenvalue weighted by Gasteiger charge is -2.16. The van der Waals surface area contributed by atoms with Crippen LogP contribution >= 0.6 is 0 Å². The average Bonchev–Trinajstić information content (AvgIpc) is 3.65. The van der Waals surface area contributed by atoms with Gasteiger partial charge in [0.25, 0.3) is 5.91 Å². The number of anilines is 1. The lowest BCUT2D eigenvalue weighted by atomic mass is 10.1. The molecular formula is C25H31N3O5. The Labute approximate surface area is 194 Å². The lowest BCUT2D eigenvalue weighted by Crippen LogP contribution is -2.20. The summed E-state index contributed by atoms with van der Waals surface area (Å²) in [4.78, 5) is 24.7. The molecule has 0 aliphatic heterocycles.